The standard InChI is InChI=1S/C18H33N3/c1-13(2)15-6-7-16(12-19-5)17(10-15)11-18-8-9-21(20-18)14(3)4/h8-9,13-17,19H,6-7,10-12H2,1-5H3. The Balaban J connectivity index is 2.04. The van der Waals surface area contributed by atoms with Crippen LogP contribution in [0, 0.1) is 23.7 Å². The Labute approximate surface area is 130 Å². The van der Waals surface area contributed by atoms with Crippen LogP contribution < -0.4 is 5.32 Å². The molecule has 1 aromatic rings. The third kappa shape index (κ3) is 4.32. The molecule has 0 spiro atoms. The van der Waals surface area contributed by atoms with Crippen LogP contribution in [0.3, 0.4) is 0 Å². The van der Waals surface area contributed by atoms with Gasteiger partial charge in [-0.05, 0) is 82.9 Å². The van der Waals surface area contributed by atoms with Crippen LogP contribution in [-0.4, -0.2) is 23.4 Å². The lowest BCUT2D eigenvalue weighted by Crippen LogP contribution is -2.34. The molecule has 1 saturated carbocycles. The first-order valence-corrected chi connectivity index (χ1v) is 8.69. The second-order valence-corrected chi connectivity index (χ2v) is 7.48. The summed E-state index contributed by atoms with van der Waals surface area (Å²) >= 11 is 0. The largest absolute Gasteiger partial charge is 0.319 e. The van der Waals surface area contributed by atoms with Crippen LogP contribution in [0.1, 0.15) is 58.7 Å². The van der Waals surface area contributed by atoms with Crippen LogP contribution in [0.2, 0.25) is 0 Å². The maximum absolute atomic E-state index is 4.76. The molecular formula is C18H33N3. The molecule has 120 valence electrons. The molecule has 1 aliphatic rings. The molecule has 3 heteroatoms. The topological polar surface area (TPSA) is 29.9 Å². The van der Waals surface area contributed by atoms with E-state index in [1.54, 1.807) is 0 Å². The molecule has 0 saturated heterocycles. The molecule has 0 amide bonds. The molecule has 0 aromatic carbocycles. The maximum atomic E-state index is 4.76. The molecule has 1 aliphatic carbocycles. The van der Waals surface area contributed by atoms with Crippen molar-refractivity contribution in [3.63, 3.8) is 0 Å². The monoisotopic (exact) mass is 291 g/mol. The highest BCUT2D eigenvalue weighted by atomic mass is 15.3. The zero-order valence-electron chi connectivity index (χ0n) is 14.5. The van der Waals surface area contributed by atoms with Crippen LogP contribution >= 0.6 is 0 Å². The van der Waals surface area contributed by atoms with E-state index in [1.165, 1.54) is 25.0 Å². The molecule has 1 fully saturated rings. The third-order valence-corrected chi connectivity index (χ3v) is 5.25. The smallest absolute Gasteiger partial charge is 0.0627 e. The highest BCUT2D eigenvalue weighted by Crippen LogP contribution is 2.38. The van der Waals surface area contributed by atoms with Gasteiger partial charge >= 0.3 is 0 Å². The van der Waals surface area contributed by atoms with Gasteiger partial charge in [0.15, 0.2) is 0 Å². The van der Waals surface area contributed by atoms with Crippen molar-refractivity contribution in [2.75, 3.05) is 13.6 Å². The molecule has 3 unspecified atom stereocenters. The average molecular weight is 291 g/mol. The van der Waals surface area contributed by atoms with E-state index in [0.29, 0.717) is 6.04 Å². The van der Waals surface area contributed by atoms with Crippen LogP contribution in [0.4, 0.5) is 0 Å². The fraction of sp³-hybridized carbons (Fsp3) is 0.833. The van der Waals surface area contributed by atoms with Crippen LogP contribution in [-0.2, 0) is 6.42 Å². The Bertz CT molecular complexity index is 422. The molecule has 1 heterocycles. The molecule has 0 aliphatic heterocycles. The second kappa shape index (κ2) is 7.44. The summed E-state index contributed by atoms with van der Waals surface area (Å²) in [6, 6.07) is 2.68. The van der Waals surface area contributed by atoms with Gasteiger partial charge < -0.3 is 5.32 Å². The number of rotatable bonds is 6. The second-order valence-electron chi connectivity index (χ2n) is 7.48. The predicted octanol–water partition coefficient (Wildman–Crippen LogP) is 3.91. The summed E-state index contributed by atoms with van der Waals surface area (Å²) in [5.41, 5.74) is 1.28. The number of nitrogens with one attached hydrogen (secondary N) is 1. The Kier molecular flexibility index (Phi) is 5.86. The van der Waals surface area contributed by atoms with Crippen molar-refractivity contribution in [2.24, 2.45) is 23.7 Å². The van der Waals surface area contributed by atoms with Crippen molar-refractivity contribution in [1.82, 2.24) is 15.1 Å². The van der Waals surface area contributed by atoms with Crippen molar-refractivity contribution in [3.8, 4) is 0 Å². The summed E-state index contributed by atoms with van der Waals surface area (Å²) in [6.45, 7) is 10.3. The average Bonchev–Trinajstić information content (AvgIpc) is 2.89. The first-order valence-electron chi connectivity index (χ1n) is 8.69. The van der Waals surface area contributed by atoms with E-state index in [4.69, 9.17) is 5.10 Å². The summed E-state index contributed by atoms with van der Waals surface area (Å²) < 4.78 is 2.09. The van der Waals surface area contributed by atoms with Crippen molar-refractivity contribution in [3.05, 3.63) is 18.0 Å². The molecule has 2 rings (SSSR count). The van der Waals surface area contributed by atoms with E-state index in [2.05, 4.69) is 57.0 Å². The Morgan fingerprint density at radius 2 is 2.00 bits per heavy atom. The first-order chi connectivity index (χ1) is 10.0. The normalized spacial score (nSPS) is 26.7. The van der Waals surface area contributed by atoms with Gasteiger partial charge in [-0.3, -0.25) is 4.68 Å². The Hall–Kier alpha value is -0.830. The van der Waals surface area contributed by atoms with Crippen molar-refractivity contribution < 1.29 is 0 Å². The van der Waals surface area contributed by atoms with Crippen molar-refractivity contribution in [2.45, 2.75) is 59.4 Å². The van der Waals surface area contributed by atoms with E-state index >= 15 is 0 Å². The van der Waals surface area contributed by atoms with Crippen LogP contribution in [0.25, 0.3) is 0 Å². The van der Waals surface area contributed by atoms with Gasteiger partial charge in [-0.1, -0.05) is 13.8 Å². The first kappa shape index (κ1) is 16.5. The molecule has 0 bridgehead atoms. The molecular weight excluding hydrogens is 258 g/mol. The number of nitrogens with zero attached hydrogens (tertiary/aromatic N) is 2. The van der Waals surface area contributed by atoms with Gasteiger partial charge in [0.25, 0.3) is 0 Å². The van der Waals surface area contributed by atoms with E-state index in [1.807, 2.05) is 0 Å². The Morgan fingerprint density at radius 3 is 2.57 bits per heavy atom. The number of hydrogen-bond acceptors (Lipinski definition) is 2. The highest BCUT2D eigenvalue weighted by molar-refractivity contribution is 5.02. The maximum Gasteiger partial charge on any atom is 0.0627 e. The number of hydrogen-bond donors (Lipinski definition) is 1. The number of aromatic nitrogens is 2. The predicted molar refractivity (Wildman–Crippen MR) is 89.4 cm³/mol. The molecule has 1 aromatic heterocycles. The van der Waals surface area contributed by atoms with Gasteiger partial charge in [-0.2, -0.15) is 5.10 Å². The van der Waals surface area contributed by atoms with E-state index in [0.717, 1.165) is 36.6 Å². The summed E-state index contributed by atoms with van der Waals surface area (Å²) in [6.07, 6.45) is 7.43. The Morgan fingerprint density at radius 1 is 1.24 bits per heavy atom. The van der Waals surface area contributed by atoms with Gasteiger partial charge in [0.1, 0.15) is 0 Å². The van der Waals surface area contributed by atoms with Gasteiger partial charge in [-0.25, -0.2) is 0 Å². The van der Waals surface area contributed by atoms with E-state index in [9.17, 15) is 0 Å². The van der Waals surface area contributed by atoms with Crippen molar-refractivity contribution >= 4 is 0 Å². The lowest BCUT2D eigenvalue weighted by Gasteiger charge is -2.37. The molecule has 3 atom stereocenters. The minimum atomic E-state index is 0.460. The van der Waals surface area contributed by atoms with E-state index in [-0.39, 0.29) is 0 Å². The van der Waals surface area contributed by atoms with Crippen molar-refractivity contribution in [1.29, 1.82) is 0 Å². The summed E-state index contributed by atoms with van der Waals surface area (Å²) in [4.78, 5) is 0. The van der Waals surface area contributed by atoms with Gasteiger partial charge in [0, 0.05) is 12.2 Å². The SMILES string of the molecule is CNCC1CCC(C(C)C)CC1Cc1ccn(C(C)C)n1. The minimum absolute atomic E-state index is 0.460. The van der Waals surface area contributed by atoms with Gasteiger partial charge in [-0.15, -0.1) is 0 Å². The zero-order valence-corrected chi connectivity index (χ0v) is 14.5. The fourth-order valence-corrected chi connectivity index (χ4v) is 3.79. The third-order valence-electron chi connectivity index (χ3n) is 5.25. The quantitative estimate of drug-likeness (QED) is 0.861. The lowest BCUT2D eigenvalue weighted by molar-refractivity contribution is 0.145. The van der Waals surface area contributed by atoms with Gasteiger partial charge in [0.2, 0.25) is 0 Å². The highest BCUT2D eigenvalue weighted by Gasteiger charge is 2.31. The summed E-state index contributed by atoms with van der Waals surface area (Å²) in [7, 11) is 2.08. The molecule has 1 N–H and O–H groups in total. The molecule has 21 heavy (non-hydrogen) atoms. The summed E-state index contributed by atoms with van der Waals surface area (Å²) in [5.74, 6) is 3.31. The minimum Gasteiger partial charge on any atom is -0.319 e. The zero-order chi connectivity index (χ0) is 15.4. The molecule has 0 radical (unpaired) electrons. The van der Waals surface area contributed by atoms with Crippen LogP contribution in [0.5, 0.6) is 0 Å². The van der Waals surface area contributed by atoms with Gasteiger partial charge in [0.05, 0.1) is 5.69 Å². The lowest BCUT2D eigenvalue weighted by atomic mass is 9.69. The summed E-state index contributed by atoms with van der Waals surface area (Å²) in [5, 5.41) is 8.16. The van der Waals surface area contributed by atoms with E-state index < -0.39 is 0 Å². The fourth-order valence-electron chi connectivity index (χ4n) is 3.79. The van der Waals surface area contributed by atoms with Crippen LogP contribution in [0.15, 0.2) is 12.3 Å². The molecule has 3 nitrogen and oxygen atoms in total.